The molecule has 2 aromatic rings. The molecule has 1 unspecified atom stereocenters. The molecule has 82 valence electrons. The van der Waals surface area contributed by atoms with Crippen LogP contribution in [0, 0.1) is 0 Å². The largest absolute Gasteiger partial charge is 0.508 e. The monoisotopic (exact) mass is 223 g/mol. The van der Waals surface area contributed by atoms with Crippen LogP contribution in [0.25, 0.3) is 10.8 Å². The van der Waals surface area contributed by atoms with E-state index in [2.05, 4.69) is 0 Å². The average molecular weight is 223 g/mol. The first-order chi connectivity index (χ1) is 10.4. The Labute approximate surface area is 103 Å². The Hall–Kier alpha value is -2.03. The number of fused-ring (bicyclic) bond motifs is 1. The van der Waals surface area contributed by atoms with Gasteiger partial charge in [-0.15, -0.1) is 0 Å². The van der Waals surface area contributed by atoms with Gasteiger partial charge in [-0.1, -0.05) is 24.2 Å². The molecule has 1 atom stereocenters. The predicted octanol–water partition coefficient (Wildman–Crippen LogP) is 2.73. The number of carboxylic acids is 1. The van der Waals surface area contributed by atoms with E-state index in [-0.39, 0.29) is 5.39 Å². The molecule has 0 bridgehead atoms. The fourth-order valence-electron chi connectivity index (χ4n) is 1.16. The molecule has 0 saturated carbocycles. The highest BCUT2D eigenvalue weighted by molar-refractivity contribution is 5.86. The number of rotatable bonds is 2. The highest BCUT2D eigenvalue weighted by atomic mass is 16.4. The molecule has 0 saturated heterocycles. The van der Waals surface area contributed by atoms with Crippen molar-refractivity contribution in [1.82, 2.24) is 0 Å². The van der Waals surface area contributed by atoms with Gasteiger partial charge in [-0.3, -0.25) is 4.79 Å². The minimum Gasteiger partial charge on any atom is -0.508 e. The standard InChI is InChI=1S/C13H12O3/c1-8(13(15)16)9-2-3-11-7-12(14)5-4-10(11)6-9/h2-8,14H,1H3,(H,15,16)/i2D,3D,4D,5D,6D,7D,8D. The first-order valence-corrected chi connectivity index (χ1v) is 4.40. The van der Waals surface area contributed by atoms with Gasteiger partial charge in [-0.05, 0) is 35.3 Å². The molecule has 2 N–H and O–H groups in total. The maximum absolute atomic E-state index is 11.3. The number of benzene rings is 2. The number of hydrogen-bond acceptors (Lipinski definition) is 2. The van der Waals surface area contributed by atoms with Crippen molar-refractivity contribution in [3.8, 4) is 5.75 Å². The molecule has 0 spiro atoms. The van der Waals surface area contributed by atoms with Crippen LogP contribution in [-0.4, -0.2) is 16.2 Å². The van der Waals surface area contributed by atoms with Gasteiger partial charge in [-0.25, -0.2) is 0 Å². The third kappa shape index (κ3) is 1.84. The van der Waals surface area contributed by atoms with E-state index in [1.165, 1.54) is 0 Å². The molecule has 0 aliphatic carbocycles. The summed E-state index contributed by atoms with van der Waals surface area (Å²) in [6.45, 7) is 0.944. The van der Waals surface area contributed by atoms with Gasteiger partial charge in [0.1, 0.15) is 5.75 Å². The number of phenols is 1. The third-order valence-corrected chi connectivity index (χ3v) is 2.06. The molecule has 3 heteroatoms. The third-order valence-electron chi connectivity index (χ3n) is 2.06. The molecule has 0 fully saturated rings. The molecule has 0 aliphatic rings. The van der Waals surface area contributed by atoms with E-state index >= 15 is 0 Å². The van der Waals surface area contributed by atoms with E-state index in [9.17, 15) is 9.90 Å². The topological polar surface area (TPSA) is 57.5 Å². The highest BCUT2D eigenvalue weighted by Gasteiger charge is 2.13. The van der Waals surface area contributed by atoms with Crippen molar-refractivity contribution < 1.29 is 24.6 Å². The van der Waals surface area contributed by atoms with E-state index in [1.807, 2.05) is 0 Å². The summed E-state index contributed by atoms with van der Waals surface area (Å²) in [5.74, 6) is -4.90. The van der Waals surface area contributed by atoms with Gasteiger partial charge in [0.05, 0.1) is 14.1 Å². The Morgan fingerprint density at radius 1 is 1.31 bits per heavy atom. The Morgan fingerprint density at radius 2 is 1.94 bits per heavy atom. The van der Waals surface area contributed by atoms with Crippen molar-refractivity contribution in [2.45, 2.75) is 12.8 Å². The van der Waals surface area contributed by atoms with Gasteiger partial charge < -0.3 is 10.2 Å². The maximum atomic E-state index is 11.3. The normalized spacial score (nSPS) is 20.7. The fraction of sp³-hybridized carbons (Fsp3) is 0.154. The molecule has 0 heterocycles. The highest BCUT2D eigenvalue weighted by Crippen LogP contribution is 2.24. The minimum absolute atomic E-state index is 0.386. The van der Waals surface area contributed by atoms with Crippen LogP contribution in [0.4, 0.5) is 0 Å². The molecule has 2 rings (SSSR count). The van der Waals surface area contributed by atoms with Gasteiger partial charge in [0.2, 0.25) is 0 Å². The number of aromatic hydroxyl groups is 1. The van der Waals surface area contributed by atoms with Gasteiger partial charge in [0, 0.05) is 1.37 Å². The second-order valence-electron chi connectivity index (χ2n) is 3.15. The van der Waals surface area contributed by atoms with Crippen molar-refractivity contribution in [3.05, 3.63) is 41.8 Å². The van der Waals surface area contributed by atoms with Crippen LogP contribution in [0.1, 0.15) is 28.0 Å². The summed E-state index contributed by atoms with van der Waals surface area (Å²) in [4.78, 5) is 11.3. The average Bonchev–Trinajstić information content (AvgIpc) is 2.46. The summed E-state index contributed by atoms with van der Waals surface area (Å²) in [7, 11) is 0. The van der Waals surface area contributed by atoms with Crippen molar-refractivity contribution in [3.63, 3.8) is 0 Å². The van der Waals surface area contributed by atoms with Crippen LogP contribution in [0.2, 0.25) is 0 Å². The van der Waals surface area contributed by atoms with Crippen molar-refractivity contribution in [1.29, 1.82) is 0 Å². The molecule has 0 radical (unpaired) electrons. The summed E-state index contributed by atoms with van der Waals surface area (Å²) >= 11 is 0. The first-order valence-electron chi connectivity index (χ1n) is 7.90. The zero-order chi connectivity index (χ0) is 17.9. The molecular formula is C13H12O3. The van der Waals surface area contributed by atoms with E-state index < -0.39 is 64.8 Å². The van der Waals surface area contributed by atoms with Crippen LogP contribution in [-0.2, 0) is 4.79 Å². The summed E-state index contributed by atoms with van der Waals surface area (Å²) in [6, 6.07) is -4.14. The van der Waals surface area contributed by atoms with Crippen LogP contribution in [0.5, 0.6) is 5.75 Å². The smallest absolute Gasteiger partial charge is 0.310 e. The maximum Gasteiger partial charge on any atom is 0.310 e. The summed E-state index contributed by atoms with van der Waals surface area (Å²) in [5.41, 5.74) is -0.597. The lowest BCUT2D eigenvalue weighted by Crippen LogP contribution is -2.06. The SMILES string of the molecule is [2H]c1c(C([2H])(C)C(=O)O)c([2H])c2c([2H])c([2H])c(O)c([2H])c2c1[2H]. The quantitative estimate of drug-likeness (QED) is 0.823. The summed E-state index contributed by atoms with van der Waals surface area (Å²) < 4.78 is 55.0. The Morgan fingerprint density at radius 3 is 2.62 bits per heavy atom. The number of carbonyl (C=O) groups is 1. The number of phenolic OH excluding ortho intramolecular Hbond substituents is 1. The Kier molecular flexibility index (Phi) is 1.17. The minimum atomic E-state index is -2.41. The fourth-order valence-corrected chi connectivity index (χ4v) is 1.16. The first kappa shape index (κ1) is 4.87. The predicted molar refractivity (Wildman–Crippen MR) is 61.7 cm³/mol. The zero-order valence-electron chi connectivity index (χ0n) is 15.3. The molecule has 0 aliphatic heterocycles. The van der Waals surface area contributed by atoms with Gasteiger partial charge in [0.15, 0.2) is 0 Å². The lowest BCUT2D eigenvalue weighted by molar-refractivity contribution is -0.138. The lowest BCUT2D eigenvalue weighted by atomic mass is 9.98. The Balaban J connectivity index is 3.17. The number of aliphatic carboxylic acids is 1. The molecule has 3 nitrogen and oxygen atoms in total. The van der Waals surface area contributed by atoms with Gasteiger partial charge in [-0.2, -0.15) is 0 Å². The molecule has 16 heavy (non-hydrogen) atoms. The number of hydrogen-bond donors (Lipinski definition) is 2. The molecule has 2 aromatic carbocycles. The van der Waals surface area contributed by atoms with Crippen molar-refractivity contribution in [2.24, 2.45) is 0 Å². The zero-order valence-corrected chi connectivity index (χ0v) is 8.30. The molecular weight excluding hydrogens is 204 g/mol. The molecule has 0 amide bonds. The van der Waals surface area contributed by atoms with Crippen LogP contribution < -0.4 is 0 Å². The van der Waals surface area contributed by atoms with Crippen LogP contribution >= 0.6 is 0 Å². The van der Waals surface area contributed by atoms with E-state index in [0.29, 0.717) is 0 Å². The second kappa shape index (κ2) is 3.85. The van der Waals surface area contributed by atoms with E-state index in [0.717, 1.165) is 6.92 Å². The van der Waals surface area contributed by atoms with Gasteiger partial charge >= 0.3 is 5.97 Å². The Bertz CT molecular complexity index is 861. The summed E-state index contributed by atoms with van der Waals surface area (Å²) in [5, 5.41) is 18.0. The van der Waals surface area contributed by atoms with E-state index in [1.54, 1.807) is 0 Å². The van der Waals surface area contributed by atoms with Gasteiger partial charge in [0.25, 0.3) is 0 Å². The number of carboxylic acid groups (broad SMARTS) is 1. The lowest BCUT2D eigenvalue weighted by Gasteiger charge is -2.08. The second-order valence-corrected chi connectivity index (χ2v) is 3.15. The molecule has 0 aromatic heterocycles. The van der Waals surface area contributed by atoms with Crippen molar-refractivity contribution in [2.75, 3.05) is 0 Å². The van der Waals surface area contributed by atoms with Crippen LogP contribution in [0.3, 0.4) is 0 Å². The van der Waals surface area contributed by atoms with E-state index in [4.69, 9.17) is 14.7 Å². The van der Waals surface area contributed by atoms with Crippen molar-refractivity contribution >= 4 is 16.7 Å². The summed E-state index contributed by atoms with van der Waals surface area (Å²) in [6.07, 6.45) is 0. The van der Waals surface area contributed by atoms with Crippen LogP contribution in [0.15, 0.2) is 36.3 Å².